The number of hydrogen-bond acceptors (Lipinski definition) is 1. The van der Waals surface area contributed by atoms with Crippen molar-refractivity contribution >= 4 is 85.9 Å². The Bertz CT molecular complexity index is 3990. The number of benzene rings is 8. The Morgan fingerprint density at radius 1 is 0.522 bits per heavy atom. The summed E-state index contributed by atoms with van der Waals surface area (Å²) < 4.78 is 7.88. The van der Waals surface area contributed by atoms with E-state index in [0.717, 1.165) is 12.8 Å². The molecule has 4 atom stereocenters. The minimum atomic E-state index is -0.163. The molecule has 11 aromatic rings. The number of allylic oxidation sites excluding steroid dienone is 7. The Hall–Kier alpha value is -7.28. The number of aromatic nitrogens is 2. The topological polar surface area (TPSA) is 43.1 Å². The largest absolute Gasteiger partial charge is 0.330 e. The van der Waals surface area contributed by atoms with Gasteiger partial charge in [-0.1, -0.05) is 152 Å². The minimum absolute atomic E-state index is 0.0501. The van der Waals surface area contributed by atoms with Gasteiger partial charge in [-0.25, -0.2) is 9.88 Å². The van der Waals surface area contributed by atoms with E-state index in [1.165, 1.54) is 108 Å². The van der Waals surface area contributed by atoms with Crippen molar-refractivity contribution in [2.75, 3.05) is 0 Å². The molecule has 3 aliphatic rings. The Labute approximate surface area is 393 Å². The van der Waals surface area contributed by atoms with Crippen LogP contribution in [-0.2, 0) is 5.54 Å². The highest BCUT2D eigenvalue weighted by Crippen LogP contribution is 2.46. The first-order chi connectivity index (χ1) is 32.9. The standard InChI is InChI=1S/C62H48N4S/c1-61(33-11-3-12-34-61)66-54-31-27-42(36-50(54)48-29-25-40-14-4-5-15-45(40)58(48)66)39-21-23-41(24-22-39)59-62(2)35-13-10-20-57(62)63-60(64-59)65-52-18-8-6-16-46(52)49-37-43(26-30-53(49)65)44-28-32-56-51(38-44)47-17-7-9-19-55(47)67-56/h3-33,36-38,59-60,63-64H,34-35H2,1-2H3/p+2. The molecule has 0 radical (unpaired) electrons. The van der Waals surface area contributed by atoms with Crippen LogP contribution in [-0.4, -0.2) is 9.13 Å². The molecule has 0 saturated carbocycles. The quantitative estimate of drug-likeness (QED) is 0.173. The molecule has 2 aliphatic carbocycles. The van der Waals surface area contributed by atoms with E-state index in [4.69, 9.17) is 0 Å². The molecule has 8 aromatic carbocycles. The van der Waals surface area contributed by atoms with Crippen molar-refractivity contribution in [1.29, 1.82) is 0 Å². The van der Waals surface area contributed by atoms with Crippen LogP contribution in [0.2, 0.25) is 0 Å². The molecular weight excluding hydrogens is 833 g/mol. The normalized spacial score (nSPS) is 21.7. The Kier molecular flexibility index (Phi) is 8.49. The number of nitrogens with two attached hydrogens (primary N) is 2. The van der Waals surface area contributed by atoms with Gasteiger partial charge in [-0.3, -0.25) is 5.32 Å². The third-order valence-corrected chi connectivity index (χ3v) is 16.9. The molecule has 1 fully saturated rings. The van der Waals surface area contributed by atoms with Gasteiger partial charge in [-0.15, -0.1) is 11.3 Å². The van der Waals surface area contributed by atoms with Crippen molar-refractivity contribution < 1.29 is 10.6 Å². The van der Waals surface area contributed by atoms with E-state index in [-0.39, 0.29) is 23.3 Å². The second-order valence-electron chi connectivity index (χ2n) is 19.6. The molecule has 4 nitrogen and oxygen atoms in total. The Morgan fingerprint density at radius 2 is 1.18 bits per heavy atom. The average Bonchev–Trinajstić information content (AvgIpc) is 4.04. The van der Waals surface area contributed by atoms with Gasteiger partial charge >= 0.3 is 6.29 Å². The monoisotopic (exact) mass is 882 g/mol. The Balaban J connectivity index is 0.844. The number of fused-ring (bicyclic) bond motifs is 12. The van der Waals surface area contributed by atoms with Crippen LogP contribution in [0.1, 0.15) is 44.6 Å². The third kappa shape index (κ3) is 5.85. The summed E-state index contributed by atoms with van der Waals surface area (Å²) in [6.07, 6.45) is 18.1. The van der Waals surface area contributed by atoms with Crippen molar-refractivity contribution in [3.63, 3.8) is 0 Å². The first kappa shape index (κ1) is 38.9. The van der Waals surface area contributed by atoms with E-state index >= 15 is 0 Å². The summed E-state index contributed by atoms with van der Waals surface area (Å²) in [7, 11) is 0. The van der Waals surface area contributed by atoms with Gasteiger partial charge < -0.3 is 4.57 Å². The maximum atomic E-state index is 2.64. The summed E-state index contributed by atoms with van der Waals surface area (Å²) in [5.41, 5.74) is 12.7. The van der Waals surface area contributed by atoms with Crippen LogP contribution in [0.15, 0.2) is 212 Å². The third-order valence-electron chi connectivity index (χ3n) is 15.8. The number of hydrogen-bond donors (Lipinski definition) is 2. The van der Waals surface area contributed by atoms with Gasteiger partial charge in [0.25, 0.3) is 0 Å². The predicted molar refractivity (Wildman–Crippen MR) is 282 cm³/mol. The second-order valence-corrected chi connectivity index (χ2v) is 20.7. The first-order valence-corrected chi connectivity index (χ1v) is 24.7. The zero-order chi connectivity index (χ0) is 44.4. The summed E-state index contributed by atoms with van der Waals surface area (Å²) in [5, 5.41) is 15.6. The molecule has 322 valence electrons. The van der Waals surface area contributed by atoms with Gasteiger partial charge in [0, 0.05) is 58.2 Å². The van der Waals surface area contributed by atoms with Gasteiger partial charge in [-0.2, -0.15) is 0 Å². The number of rotatable bonds is 5. The molecule has 5 heteroatoms. The van der Waals surface area contributed by atoms with Gasteiger partial charge in [0.1, 0.15) is 17.2 Å². The lowest BCUT2D eigenvalue weighted by molar-refractivity contribution is -0.957. The first-order valence-electron chi connectivity index (χ1n) is 23.8. The van der Waals surface area contributed by atoms with Crippen LogP contribution < -0.4 is 10.6 Å². The van der Waals surface area contributed by atoms with E-state index in [2.05, 4.69) is 240 Å². The molecule has 4 N–H and O–H groups in total. The molecule has 14 rings (SSSR count). The number of thiophene rings is 1. The summed E-state index contributed by atoms with van der Waals surface area (Å²) >= 11 is 1.88. The lowest BCUT2D eigenvalue weighted by atomic mass is 9.70. The zero-order valence-electron chi connectivity index (χ0n) is 37.7. The molecule has 0 spiro atoms. The number of quaternary nitrogens is 2. The summed E-state index contributed by atoms with van der Waals surface area (Å²) in [6, 6.07) is 62.3. The molecule has 0 bridgehead atoms. The van der Waals surface area contributed by atoms with Crippen molar-refractivity contribution in [3.05, 3.63) is 218 Å². The fourth-order valence-corrected chi connectivity index (χ4v) is 13.4. The molecule has 67 heavy (non-hydrogen) atoms. The lowest BCUT2D eigenvalue weighted by Gasteiger charge is -2.42. The fraction of sp³-hybridized carbons (Fsp3) is 0.129. The van der Waals surface area contributed by atoms with Crippen molar-refractivity contribution in [3.8, 4) is 22.3 Å². The van der Waals surface area contributed by atoms with Crippen molar-refractivity contribution in [2.45, 2.75) is 44.6 Å². The van der Waals surface area contributed by atoms with Crippen molar-refractivity contribution in [2.24, 2.45) is 5.41 Å². The highest BCUT2D eigenvalue weighted by Gasteiger charge is 2.51. The maximum absolute atomic E-state index is 2.64. The molecule has 0 amide bonds. The van der Waals surface area contributed by atoms with E-state index in [9.17, 15) is 0 Å². The van der Waals surface area contributed by atoms with Crippen LogP contribution >= 0.6 is 11.3 Å². The molecule has 1 saturated heterocycles. The van der Waals surface area contributed by atoms with Crippen LogP contribution in [0.25, 0.3) is 96.8 Å². The van der Waals surface area contributed by atoms with Gasteiger partial charge in [-0.05, 0) is 109 Å². The highest BCUT2D eigenvalue weighted by molar-refractivity contribution is 7.25. The lowest BCUT2D eigenvalue weighted by Crippen LogP contribution is -3.12. The summed E-state index contributed by atoms with van der Waals surface area (Å²) in [4.78, 5) is 0. The van der Waals surface area contributed by atoms with E-state index in [1.54, 1.807) is 0 Å². The molecular formula is C62H50N4S+2. The second kappa shape index (κ2) is 14.6. The number of nitrogens with zero attached hydrogens (tertiary/aromatic N) is 2. The summed E-state index contributed by atoms with van der Waals surface area (Å²) in [6.45, 7) is 4.85. The van der Waals surface area contributed by atoms with E-state index < -0.39 is 0 Å². The van der Waals surface area contributed by atoms with Crippen LogP contribution in [0.5, 0.6) is 0 Å². The zero-order valence-corrected chi connectivity index (χ0v) is 38.5. The van der Waals surface area contributed by atoms with Gasteiger partial charge in [0.15, 0.2) is 0 Å². The van der Waals surface area contributed by atoms with Crippen LogP contribution in [0.4, 0.5) is 0 Å². The number of para-hydroxylation sites is 1. The van der Waals surface area contributed by atoms with E-state index in [0.29, 0.717) is 0 Å². The molecule has 3 aromatic heterocycles. The average molecular weight is 883 g/mol. The fourth-order valence-electron chi connectivity index (χ4n) is 12.3. The predicted octanol–water partition coefficient (Wildman–Crippen LogP) is 14.2. The molecule has 4 unspecified atom stereocenters. The van der Waals surface area contributed by atoms with E-state index in [1.807, 2.05) is 11.3 Å². The highest BCUT2D eigenvalue weighted by atomic mass is 32.1. The van der Waals surface area contributed by atoms with Crippen molar-refractivity contribution in [1.82, 2.24) is 9.13 Å². The summed E-state index contributed by atoms with van der Waals surface area (Å²) in [5.74, 6) is 0. The van der Waals surface area contributed by atoms with Gasteiger partial charge in [0.2, 0.25) is 0 Å². The molecule has 1 aliphatic heterocycles. The smallest absolute Gasteiger partial charge is 0.302 e. The molecule has 4 heterocycles. The SMILES string of the molecule is CC12CC=CC=C1[NH2+]C(n1c3ccccc3c3cc(-c4ccc5sc6ccccc6c5c4)ccc31)[NH2+]C2c1ccc(-c2ccc3c(c2)c2ccc4ccccc4c2n3C2(C)C=CC=CC2)cc1. The Morgan fingerprint density at radius 3 is 2.01 bits per heavy atom. The maximum Gasteiger partial charge on any atom is 0.302 e. The minimum Gasteiger partial charge on any atom is -0.330 e. The van der Waals surface area contributed by atoms with Crippen LogP contribution in [0, 0.1) is 5.41 Å². The van der Waals surface area contributed by atoms with Crippen LogP contribution in [0.3, 0.4) is 0 Å². The van der Waals surface area contributed by atoms with Gasteiger partial charge in [0.05, 0.1) is 22.1 Å².